The number of esters is 1. The molecule has 10 atom stereocenters. The van der Waals surface area contributed by atoms with Gasteiger partial charge in [0.1, 0.15) is 55.0 Å². The standard InChI is InChI=1S/C50H69N13O23/c1-5-13-85-50(84)53-12-8-11-28-45(79)60-30(18-39(74)75)46(80)57-23(3)42(76)59-29(17-38(72)73)44(78)55-19-33(65)54-20-35(67)62-40(22(2)14-36(68)69)48(82)61-31(16-32(64)25-9-6-7-10-26(25)51)49(83)86-24(4)41(47(81)56-21-34(66)58-28)63-43(77)27(52)15-37(70)71/h5-7,9-10,22-24,27-31,40-41H,1,8,11-21,51-52H2,2-4H3,(H,53,84)(H,54,65)(H,55,78)(H,56,81)(H,57,80)(H,58,66)(H,59,76)(H,60,79)(H,61,82)(H,62,67)(H,63,77)(H,68,69)(H,70,71)(H,72,73)(H,74,75). The first-order valence-corrected chi connectivity index (χ1v) is 26.0. The zero-order valence-corrected chi connectivity index (χ0v) is 46.6. The molecule has 0 bridgehead atoms. The number of carbonyl (C=O) groups is 17. The highest BCUT2D eigenvalue weighted by Crippen LogP contribution is 2.17. The first-order valence-electron chi connectivity index (χ1n) is 26.0. The molecule has 0 saturated carbocycles. The monoisotopic (exact) mass is 1220 g/mol. The normalized spacial score (nSPS) is 22.7. The third-order valence-electron chi connectivity index (χ3n) is 12.0. The van der Waals surface area contributed by atoms with Crippen molar-refractivity contribution >= 4 is 106 Å². The number of anilines is 1. The van der Waals surface area contributed by atoms with Crippen molar-refractivity contribution in [1.82, 2.24) is 58.5 Å². The van der Waals surface area contributed by atoms with E-state index in [1.54, 1.807) is 0 Å². The number of nitrogen functional groups attached to an aromatic ring is 1. The molecule has 0 aromatic heterocycles. The molecule has 10 unspecified atom stereocenters. The van der Waals surface area contributed by atoms with Gasteiger partial charge in [-0.2, -0.15) is 0 Å². The topological polar surface area (TPSA) is 574 Å². The Morgan fingerprint density at radius 3 is 1.81 bits per heavy atom. The van der Waals surface area contributed by atoms with Crippen LogP contribution in [-0.2, 0) is 81.4 Å². The highest BCUT2D eigenvalue weighted by Gasteiger charge is 2.38. The molecular formula is C50H69N13O23. The van der Waals surface area contributed by atoms with E-state index in [1.807, 2.05) is 10.6 Å². The molecule has 1 aromatic carbocycles. The molecule has 2 rings (SSSR count). The zero-order valence-electron chi connectivity index (χ0n) is 46.6. The van der Waals surface area contributed by atoms with Crippen molar-refractivity contribution in [3.8, 4) is 0 Å². The first kappa shape index (κ1) is 71.8. The summed E-state index contributed by atoms with van der Waals surface area (Å²) in [4.78, 5) is 222. The molecule has 1 heterocycles. The fraction of sp³-hybridized carbons (Fsp3) is 0.500. The van der Waals surface area contributed by atoms with Gasteiger partial charge in [-0.1, -0.05) is 31.7 Å². The summed E-state index contributed by atoms with van der Waals surface area (Å²) in [6, 6.07) is -10.3. The summed E-state index contributed by atoms with van der Waals surface area (Å²) in [6.07, 6.45) is -7.43. The number of alkyl carbamates (subject to hydrolysis) is 1. The van der Waals surface area contributed by atoms with Gasteiger partial charge in [-0.05, 0) is 44.7 Å². The van der Waals surface area contributed by atoms with Crippen molar-refractivity contribution in [1.29, 1.82) is 0 Å². The van der Waals surface area contributed by atoms with Gasteiger partial charge in [0.25, 0.3) is 0 Å². The molecular weight excluding hydrogens is 1150 g/mol. The quantitative estimate of drug-likeness (QED) is 0.0190. The van der Waals surface area contributed by atoms with Crippen molar-refractivity contribution < 1.29 is 111 Å². The fourth-order valence-corrected chi connectivity index (χ4v) is 7.58. The third kappa shape index (κ3) is 25.9. The lowest BCUT2D eigenvalue weighted by molar-refractivity contribution is -0.156. The number of ether oxygens (including phenoxy) is 2. The molecule has 1 fully saturated rings. The molecule has 11 amide bonds. The summed E-state index contributed by atoms with van der Waals surface area (Å²) in [5, 5.41) is 61.6. The molecule has 86 heavy (non-hydrogen) atoms. The maximum absolute atomic E-state index is 14.2. The second-order valence-electron chi connectivity index (χ2n) is 19.1. The van der Waals surface area contributed by atoms with Crippen LogP contribution >= 0.6 is 0 Å². The van der Waals surface area contributed by atoms with Crippen molar-refractivity contribution in [3.63, 3.8) is 0 Å². The largest absolute Gasteiger partial charge is 0.481 e. The number of benzene rings is 1. The number of ketones is 1. The maximum atomic E-state index is 14.2. The van der Waals surface area contributed by atoms with E-state index in [0.717, 1.165) is 13.8 Å². The minimum atomic E-state index is -2.15. The van der Waals surface area contributed by atoms with E-state index in [4.69, 9.17) is 20.9 Å². The van der Waals surface area contributed by atoms with Crippen molar-refractivity contribution in [3.05, 3.63) is 42.5 Å². The fourth-order valence-electron chi connectivity index (χ4n) is 7.58. The Morgan fingerprint density at radius 2 is 1.21 bits per heavy atom. The summed E-state index contributed by atoms with van der Waals surface area (Å²) in [7, 11) is 0. The molecule has 36 nitrogen and oxygen atoms in total. The van der Waals surface area contributed by atoms with Crippen LogP contribution in [0.15, 0.2) is 36.9 Å². The summed E-state index contributed by atoms with van der Waals surface area (Å²) >= 11 is 0. The van der Waals surface area contributed by atoms with Gasteiger partial charge in [0.2, 0.25) is 59.1 Å². The van der Waals surface area contributed by atoms with Crippen LogP contribution in [0, 0.1) is 5.92 Å². The number of carboxylic acid groups (broad SMARTS) is 4. The number of carbonyl (C=O) groups excluding carboxylic acids is 13. The minimum absolute atomic E-state index is 0.112. The van der Waals surface area contributed by atoms with Crippen LogP contribution in [-0.4, -0.2) is 208 Å². The van der Waals surface area contributed by atoms with E-state index < -0.39 is 219 Å². The summed E-state index contributed by atoms with van der Waals surface area (Å²) < 4.78 is 10.3. The molecule has 19 N–H and O–H groups in total. The van der Waals surface area contributed by atoms with Gasteiger partial charge in [-0.25, -0.2) is 9.59 Å². The molecule has 0 aliphatic carbocycles. The van der Waals surface area contributed by atoms with Crippen LogP contribution in [0.1, 0.15) is 76.1 Å². The van der Waals surface area contributed by atoms with Crippen molar-refractivity contribution in [2.45, 2.75) is 120 Å². The molecule has 1 aliphatic heterocycles. The summed E-state index contributed by atoms with van der Waals surface area (Å²) in [6.45, 7) is 2.94. The van der Waals surface area contributed by atoms with Gasteiger partial charge in [-0.15, -0.1) is 0 Å². The number of amides is 11. The molecule has 472 valence electrons. The van der Waals surface area contributed by atoms with Crippen LogP contribution in [0.4, 0.5) is 10.5 Å². The number of rotatable bonds is 20. The third-order valence-corrected chi connectivity index (χ3v) is 12.0. The predicted octanol–water partition coefficient (Wildman–Crippen LogP) is -6.90. The lowest BCUT2D eigenvalue weighted by Crippen LogP contribution is -2.60. The molecule has 0 radical (unpaired) electrons. The van der Waals surface area contributed by atoms with E-state index in [-0.39, 0.29) is 30.8 Å². The molecule has 36 heteroatoms. The SMILES string of the molecule is C=CCOC(=O)NCCCC1NC(=O)CNC(=O)C(NC(=O)C(N)CC(=O)O)C(C)OC(=O)C(CC(=O)c2ccccc2N)NC(=O)C(C(C)CC(=O)O)NC(=O)CNC(=O)CNC(=O)C(CC(=O)O)NC(=O)C(C)NC(=O)C(CC(=O)O)NC1=O. The average Bonchev–Trinajstić information content (AvgIpc) is 2.75. The number of Topliss-reactive ketones (excluding diaryl/α,β-unsaturated/α-hetero) is 1. The van der Waals surface area contributed by atoms with Gasteiger partial charge in [0.05, 0.1) is 51.4 Å². The number of carboxylic acids is 4. The highest BCUT2D eigenvalue weighted by atomic mass is 16.6. The molecule has 1 aliphatic rings. The molecule has 1 saturated heterocycles. The van der Waals surface area contributed by atoms with Crippen LogP contribution in [0.5, 0.6) is 0 Å². The van der Waals surface area contributed by atoms with Gasteiger partial charge >= 0.3 is 35.9 Å². The number of aliphatic carboxylic acids is 4. The molecule has 0 spiro atoms. The smallest absolute Gasteiger partial charge is 0.407 e. The number of nitrogens with one attached hydrogen (secondary N) is 11. The molecule has 1 aromatic rings. The first-order chi connectivity index (χ1) is 40.3. The Balaban J connectivity index is 2.81. The number of hydrogen-bond acceptors (Lipinski definition) is 21. The lowest BCUT2D eigenvalue weighted by Gasteiger charge is -2.29. The average molecular weight is 1220 g/mol. The maximum Gasteiger partial charge on any atom is 0.407 e. The Labute approximate surface area is 488 Å². The lowest BCUT2D eigenvalue weighted by atomic mass is 9.96. The van der Waals surface area contributed by atoms with Gasteiger partial charge in [-0.3, -0.25) is 71.9 Å². The Morgan fingerprint density at radius 1 is 0.663 bits per heavy atom. The number of nitrogens with two attached hydrogens (primary N) is 2. The van der Waals surface area contributed by atoms with E-state index in [1.165, 1.54) is 37.3 Å². The van der Waals surface area contributed by atoms with Crippen LogP contribution in [0.25, 0.3) is 0 Å². The van der Waals surface area contributed by atoms with E-state index in [2.05, 4.69) is 54.4 Å². The van der Waals surface area contributed by atoms with Crippen LogP contribution < -0.4 is 70.0 Å². The zero-order chi connectivity index (χ0) is 65.0. The predicted molar refractivity (Wildman–Crippen MR) is 289 cm³/mol. The van der Waals surface area contributed by atoms with E-state index >= 15 is 0 Å². The second-order valence-corrected chi connectivity index (χ2v) is 19.1. The van der Waals surface area contributed by atoms with Crippen molar-refractivity contribution in [2.24, 2.45) is 11.7 Å². The summed E-state index contributed by atoms with van der Waals surface area (Å²) in [5.41, 5.74) is 11.4. The Hall–Kier alpha value is -10.3. The Kier molecular flexibility index (Phi) is 29.8. The second kappa shape index (κ2) is 35.6. The highest BCUT2D eigenvalue weighted by molar-refractivity contribution is 6.04. The Bertz CT molecular complexity index is 2760. The number of para-hydroxylation sites is 1. The van der Waals surface area contributed by atoms with Gasteiger partial charge < -0.3 is 99.9 Å². The van der Waals surface area contributed by atoms with Crippen molar-refractivity contribution in [2.75, 3.05) is 38.5 Å². The van der Waals surface area contributed by atoms with E-state index in [9.17, 15) is 102 Å². The minimum Gasteiger partial charge on any atom is -0.481 e. The van der Waals surface area contributed by atoms with Crippen LogP contribution in [0.2, 0.25) is 0 Å². The van der Waals surface area contributed by atoms with E-state index in [0.29, 0.717) is 0 Å². The van der Waals surface area contributed by atoms with Crippen LogP contribution in [0.3, 0.4) is 0 Å². The van der Waals surface area contributed by atoms with Gasteiger partial charge in [0.15, 0.2) is 5.78 Å². The number of cyclic esters (lactones) is 1. The van der Waals surface area contributed by atoms with Gasteiger partial charge in [0, 0.05) is 24.2 Å². The summed E-state index contributed by atoms with van der Waals surface area (Å²) in [5.74, 6) is -23.2. The number of hydrogen-bond donors (Lipinski definition) is 17.